The van der Waals surface area contributed by atoms with Gasteiger partial charge in [-0.25, -0.2) is 15.0 Å². The third-order valence-electron chi connectivity index (χ3n) is 6.75. The third kappa shape index (κ3) is 5.55. The number of rotatable bonds is 12. The maximum Gasteiger partial charge on any atom is 0.502 e. The summed E-state index contributed by atoms with van der Waals surface area (Å²) >= 11 is 0. The van der Waals surface area contributed by atoms with E-state index in [1.165, 1.54) is 17.2 Å². The second-order valence-electron chi connectivity index (χ2n) is 10.1. The van der Waals surface area contributed by atoms with Crippen LogP contribution in [0.5, 0.6) is 0 Å². The van der Waals surface area contributed by atoms with Crippen LogP contribution in [0, 0.1) is 11.3 Å². The van der Waals surface area contributed by atoms with Gasteiger partial charge in [0.2, 0.25) is 11.5 Å². The van der Waals surface area contributed by atoms with Crippen LogP contribution in [0.15, 0.2) is 43.0 Å². The van der Waals surface area contributed by atoms with Gasteiger partial charge in [0.15, 0.2) is 17.6 Å². The lowest BCUT2D eigenvalue weighted by Gasteiger charge is -2.35. The van der Waals surface area contributed by atoms with E-state index in [2.05, 4.69) is 15.0 Å². The molecule has 14 nitrogen and oxygen atoms in total. The summed E-state index contributed by atoms with van der Waals surface area (Å²) < 4.78 is 21.1. The Balaban J connectivity index is 1.87. The Morgan fingerprint density at radius 3 is 2.54 bits per heavy atom. The summed E-state index contributed by atoms with van der Waals surface area (Å²) in [7, 11) is -4.00. The minimum Gasteiger partial charge on any atom is -0.394 e. The first-order chi connectivity index (χ1) is 19.5. The van der Waals surface area contributed by atoms with E-state index in [1.807, 2.05) is 33.8 Å². The number of nitrogen functional groups attached to an aromatic ring is 1. The highest BCUT2D eigenvalue weighted by Crippen LogP contribution is 2.64. The van der Waals surface area contributed by atoms with Crippen LogP contribution in [0.4, 0.5) is 5.82 Å². The van der Waals surface area contributed by atoms with E-state index in [4.69, 9.17) is 24.8 Å². The van der Waals surface area contributed by atoms with Gasteiger partial charge in [-0.3, -0.25) is 9.36 Å². The molecule has 3 aromatic rings. The Morgan fingerprint density at radius 2 is 1.93 bits per heavy atom. The average Bonchev–Trinajstić information content (AvgIpc) is 3.49. The number of ether oxygens (including phenoxy) is 1. The molecule has 5 atom stereocenters. The normalized spacial score (nSPS) is 24.3. The molecule has 0 radical (unpaired) electrons. The summed E-state index contributed by atoms with van der Waals surface area (Å²) in [6.45, 7) is 6.49. The number of aliphatic hydroxyl groups is 2. The molecule has 2 aromatic heterocycles. The number of aliphatic hydroxyl groups excluding tert-OH is 2. The molecule has 1 saturated heterocycles. The quantitative estimate of drug-likeness (QED) is 0.136. The number of ketones is 1. The van der Waals surface area contributed by atoms with Crippen LogP contribution < -0.4 is 5.73 Å². The lowest BCUT2D eigenvalue weighted by Crippen LogP contribution is -2.52. The number of carbonyl (C=O) groups is 1. The van der Waals surface area contributed by atoms with Gasteiger partial charge in [0, 0.05) is 17.6 Å². The second kappa shape index (κ2) is 12.4. The molecule has 3 heterocycles. The fourth-order valence-corrected chi connectivity index (χ4v) is 7.52. The summed E-state index contributed by atoms with van der Waals surface area (Å²) in [6.07, 6.45) is -2.18. The molecule has 1 fully saturated rings. The summed E-state index contributed by atoms with van der Waals surface area (Å²) in [5, 5.41) is 31.5. The van der Waals surface area contributed by atoms with Crippen molar-refractivity contribution in [1.29, 1.82) is 5.26 Å². The molecule has 1 aliphatic heterocycles. The summed E-state index contributed by atoms with van der Waals surface area (Å²) in [6, 6.07) is 9.55. The summed E-state index contributed by atoms with van der Waals surface area (Å²) in [5.41, 5.74) is 4.20. The molecular weight excluding hydrogens is 553 g/mol. The minimum atomic E-state index is -4.00. The number of hydrogen-bond acceptors (Lipinski definition) is 13. The lowest BCUT2D eigenvalue weighted by molar-refractivity contribution is -0.113. The smallest absolute Gasteiger partial charge is 0.394 e. The first-order valence-electron chi connectivity index (χ1n) is 13.1. The minimum absolute atomic E-state index is 0.0264. The fraction of sp³-hybridized carbons (Fsp3) is 0.500. The van der Waals surface area contributed by atoms with E-state index in [1.54, 1.807) is 35.0 Å². The number of hydrogen-bond donors (Lipinski definition) is 4. The molecule has 1 aliphatic rings. The summed E-state index contributed by atoms with van der Waals surface area (Å²) in [5.74, 6) is -0.630. The maximum absolute atomic E-state index is 14.3. The topological polar surface area (TPSA) is 202 Å². The number of nitriles is 1. The maximum atomic E-state index is 14.3. The lowest BCUT2D eigenvalue weighted by atomic mass is 9.93. The number of nitrogens with two attached hydrogens (primary N) is 1. The van der Waals surface area contributed by atoms with Gasteiger partial charge in [-0.15, -0.1) is 0 Å². The predicted octanol–water partition coefficient (Wildman–Crippen LogP) is 1.80. The highest BCUT2D eigenvalue weighted by Gasteiger charge is 2.67. The number of imidazole rings is 1. The number of carbonyl (C=O) groups excluding carboxylic acids is 1. The molecule has 15 heteroatoms. The van der Waals surface area contributed by atoms with Crippen molar-refractivity contribution >= 4 is 30.9 Å². The van der Waals surface area contributed by atoms with Crippen molar-refractivity contribution in [3.05, 3.63) is 48.5 Å². The van der Waals surface area contributed by atoms with Crippen LogP contribution in [0.1, 0.15) is 44.5 Å². The van der Waals surface area contributed by atoms with Crippen molar-refractivity contribution in [3.63, 3.8) is 0 Å². The first kappa shape index (κ1) is 30.8. The monoisotopic (exact) mass is 588 g/mol. The van der Waals surface area contributed by atoms with Crippen molar-refractivity contribution in [1.82, 2.24) is 24.2 Å². The molecule has 41 heavy (non-hydrogen) atoms. The number of fused-ring (bicyclic) bond motifs is 1. The van der Waals surface area contributed by atoms with Crippen LogP contribution in [0.3, 0.4) is 0 Å². The van der Waals surface area contributed by atoms with Gasteiger partial charge in [0.05, 0.1) is 19.1 Å². The Morgan fingerprint density at radius 1 is 1.24 bits per heavy atom. The van der Waals surface area contributed by atoms with Crippen LogP contribution in [0.2, 0.25) is 0 Å². The van der Waals surface area contributed by atoms with Gasteiger partial charge in [0.25, 0.3) is 0 Å². The van der Waals surface area contributed by atoms with Crippen molar-refractivity contribution < 1.29 is 33.7 Å². The van der Waals surface area contributed by atoms with Gasteiger partial charge < -0.3 is 20.7 Å². The molecule has 4 rings (SSSR count). The van der Waals surface area contributed by atoms with E-state index in [0.29, 0.717) is 0 Å². The number of Topliss-reactive ketones (excluding diaryl/α,β-unsaturated/α-hetero) is 1. The largest absolute Gasteiger partial charge is 0.502 e. The standard InChI is InChI=1S/C26H35N7O7P/c1-16(2)33(17(3)4)41(37,38-12-8-11-27)40-21-19(13-34)39-26(23(21)36,22(35)18-9-6-5-7-10-18)32-15-31-20-24(28)29-14-30-25(20)32/h5-7,9-10,14-17,19,21,23,34,36-37H,8,12-13H2,1-4H3,(H2,28,29,30)/q+1/t19-,21-,23-,26-,41?/m1/s1. The van der Waals surface area contributed by atoms with Crippen molar-refractivity contribution in [2.45, 2.75) is 70.2 Å². The Labute approximate surface area is 237 Å². The third-order valence-corrected chi connectivity index (χ3v) is 9.30. The van der Waals surface area contributed by atoms with Crippen LogP contribution in [-0.2, 0) is 19.5 Å². The Kier molecular flexibility index (Phi) is 9.32. The average molecular weight is 589 g/mol. The fourth-order valence-electron chi connectivity index (χ4n) is 5.15. The van der Waals surface area contributed by atoms with Crippen LogP contribution >= 0.6 is 8.09 Å². The van der Waals surface area contributed by atoms with Crippen molar-refractivity contribution in [3.8, 4) is 6.07 Å². The van der Waals surface area contributed by atoms with E-state index >= 15 is 0 Å². The summed E-state index contributed by atoms with van der Waals surface area (Å²) in [4.78, 5) is 38.6. The predicted molar refractivity (Wildman–Crippen MR) is 149 cm³/mol. The van der Waals surface area contributed by atoms with E-state index < -0.39 is 44.5 Å². The van der Waals surface area contributed by atoms with Gasteiger partial charge in [-0.2, -0.15) is 19.2 Å². The van der Waals surface area contributed by atoms with Crippen LogP contribution in [-0.4, -0.2) is 88.7 Å². The molecular formula is C26H35N7O7P+. The van der Waals surface area contributed by atoms with Crippen molar-refractivity contribution in [2.75, 3.05) is 18.9 Å². The molecule has 220 valence electrons. The zero-order chi connectivity index (χ0) is 29.9. The van der Waals surface area contributed by atoms with E-state index in [-0.39, 0.29) is 47.7 Å². The molecule has 0 aliphatic carbocycles. The van der Waals surface area contributed by atoms with Gasteiger partial charge in [0.1, 0.15) is 37.0 Å². The van der Waals surface area contributed by atoms with Gasteiger partial charge >= 0.3 is 8.09 Å². The van der Waals surface area contributed by atoms with Gasteiger partial charge in [-0.1, -0.05) is 35.0 Å². The number of aromatic nitrogens is 4. The number of anilines is 1. The second-order valence-corrected chi connectivity index (χ2v) is 12.0. The SMILES string of the molecule is CC(C)N(C(C)C)[P+](O)(OCCC#N)O[C@H]1[C@@H](O)[C@](C(=O)c2ccccc2)(n2cnc3c(N)ncnc32)O[C@@H]1CO. The molecule has 0 saturated carbocycles. The Hall–Kier alpha value is -3.12. The highest BCUT2D eigenvalue weighted by molar-refractivity contribution is 7.58. The zero-order valence-corrected chi connectivity index (χ0v) is 24.1. The van der Waals surface area contributed by atoms with E-state index in [0.717, 1.165) is 0 Å². The Bertz CT molecular complexity index is 1390. The number of benzene rings is 1. The molecule has 0 bridgehead atoms. The van der Waals surface area contributed by atoms with Crippen LogP contribution in [0.25, 0.3) is 11.2 Å². The highest BCUT2D eigenvalue weighted by atomic mass is 31.2. The van der Waals surface area contributed by atoms with E-state index in [9.17, 15) is 19.9 Å². The molecule has 1 unspecified atom stereocenters. The molecule has 5 N–H and O–H groups in total. The number of nitrogens with zero attached hydrogens (tertiary/aromatic N) is 6. The molecule has 0 spiro atoms. The van der Waals surface area contributed by atoms with Crippen molar-refractivity contribution in [2.24, 2.45) is 0 Å². The zero-order valence-electron chi connectivity index (χ0n) is 23.2. The molecule has 0 amide bonds. The first-order valence-corrected chi connectivity index (χ1v) is 14.7. The van der Waals surface area contributed by atoms with Gasteiger partial charge in [-0.05, 0) is 27.7 Å². The molecule has 1 aromatic carbocycles.